The van der Waals surface area contributed by atoms with Gasteiger partial charge >= 0.3 is 0 Å². The first kappa shape index (κ1) is 8.08. The summed E-state index contributed by atoms with van der Waals surface area (Å²) < 4.78 is 12.1. The molecule has 0 radical (unpaired) electrons. The highest BCUT2D eigenvalue weighted by atomic mass is 79.9. The van der Waals surface area contributed by atoms with E-state index < -0.39 is 6.17 Å². The molecule has 0 aromatic heterocycles. The van der Waals surface area contributed by atoms with E-state index in [-0.39, 0.29) is 17.5 Å². The summed E-state index contributed by atoms with van der Waals surface area (Å²) in [5.74, 6) is -0.368. The van der Waals surface area contributed by atoms with Gasteiger partial charge < -0.3 is 0 Å². The number of hydrogen-bond donors (Lipinski definition) is 0. The topological polar surface area (TPSA) is 17.1 Å². The zero-order valence-electron chi connectivity index (χ0n) is 4.66. The summed E-state index contributed by atoms with van der Waals surface area (Å²) in [4.78, 5) is 10.3. The van der Waals surface area contributed by atoms with Crippen LogP contribution in [0.2, 0.25) is 0 Å². The van der Waals surface area contributed by atoms with Gasteiger partial charge in [-0.3, -0.25) is 4.79 Å². The average Bonchev–Trinajstić information content (AvgIpc) is 1.84. The van der Waals surface area contributed by atoms with E-state index >= 15 is 0 Å². The molecule has 1 nitrogen and oxygen atoms in total. The Hall–Kier alpha value is 0.0800. The van der Waals surface area contributed by atoms with Crippen LogP contribution in [0.5, 0.6) is 0 Å². The van der Waals surface area contributed by atoms with Crippen LogP contribution in [0.15, 0.2) is 0 Å². The smallest absolute Gasteiger partial charge is 0.177 e. The minimum atomic E-state index is -1.27. The molecule has 1 atom stereocenters. The van der Waals surface area contributed by atoms with Gasteiger partial charge in [-0.15, -0.1) is 0 Å². The van der Waals surface area contributed by atoms with Gasteiger partial charge in [0.25, 0.3) is 0 Å². The molecule has 0 aromatic carbocycles. The van der Waals surface area contributed by atoms with Crippen LogP contribution in [0.4, 0.5) is 4.39 Å². The third kappa shape index (κ3) is 2.40. The van der Waals surface area contributed by atoms with Crippen LogP contribution in [0.3, 0.4) is 0 Å². The molecule has 0 aliphatic carbocycles. The Morgan fingerprint density at radius 2 is 2.38 bits per heavy atom. The van der Waals surface area contributed by atoms with E-state index in [9.17, 15) is 9.18 Å². The molecule has 0 aliphatic rings. The molecular formula is C5H8BrFO. The highest BCUT2D eigenvalue weighted by Gasteiger charge is 2.11. The van der Waals surface area contributed by atoms with Crippen LogP contribution in [-0.2, 0) is 4.79 Å². The quantitative estimate of drug-likeness (QED) is 0.608. The number of alkyl halides is 2. The number of halogens is 2. The maximum Gasteiger partial charge on any atom is 0.177 e. The maximum absolute atomic E-state index is 12.1. The van der Waals surface area contributed by atoms with Gasteiger partial charge in [-0.25, -0.2) is 4.39 Å². The standard InChI is InChI=1S/C5H8BrFO/c1-2-4(7)5(8)3-6/h4H,2-3H2,1H3. The third-order valence-corrected chi connectivity index (χ3v) is 1.39. The van der Waals surface area contributed by atoms with Crippen molar-refractivity contribution in [1.82, 2.24) is 0 Å². The van der Waals surface area contributed by atoms with Crippen molar-refractivity contribution in [3.8, 4) is 0 Å². The highest BCUT2D eigenvalue weighted by Crippen LogP contribution is 1.99. The van der Waals surface area contributed by atoms with Crippen molar-refractivity contribution < 1.29 is 9.18 Å². The SMILES string of the molecule is CCC(F)C(=O)CBr. The van der Waals surface area contributed by atoms with E-state index in [4.69, 9.17) is 0 Å². The highest BCUT2D eigenvalue weighted by molar-refractivity contribution is 9.09. The first-order valence-electron chi connectivity index (χ1n) is 2.45. The van der Waals surface area contributed by atoms with E-state index in [1.54, 1.807) is 6.92 Å². The van der Waals surface area contributed by atoms with Crippen molar-refractivity contribution in [1.29, 1.82) is 0 Å². The van der Waals surface area contributed by atoms with Gasteiger partial charge in [-0.05, 0) is 6.42 Å². The Morgan fingerprint density at radius 1 is 1.88 bits per heavy atom. The predicted molar refractivity (Wildman–Crippen MR) is 34.0 cm³/mol. The summed E-state index contributed by atoms with van der Waals surface area (Å²) in [6, 6.07) is 0. The number of Topliss-reactive ketones (excluding diaryl/α,β-unsaturated/α-hetero) is 1. The second kappa shape index (κ2) is 4.01. The Bertz CT molecular complexity index is 84.5. The van der Waals surface area contributed by atoms with Crippen molar-refractivity contribution in [3.05, 3.63) is 0 Å². The van der Waals surface area contributed by atoms with Gasteiger partial charge in [-0.1, -0.05) is 22.9 Å². The summed E-state index contributed by atoms with van der Waals surface area (Å²) in [7, 11) is 0. The molecule has 0 aromatic rings. The van der Waals surface area contributed by atoms with Gasteiger partial charge in [0.1, 0.15) is 0 Å². The van der Waals surface area contributed by atoms with Gasteiger partial charge in [0, 0.05) is 0 Å². The second-order valence-electron chi connectivity index (χ2n) is 1.48. The normalized spacial score (nSPS) is 13.4. The van der Waals surface area contributed by atoms with Gasteiger partial charge in [0.15, 0.2) is 12.0 Å². The van der Waals surface area contributed by atoms with E-state index in [2.05, 4.69) is 15.9 Å². The minimum absolute atomic E-state index is 0.127. The van der Waals surface area contributed by atoms with Crippen molar-refractivity contribution in [3.63, 3.8) is 0 Å². The molecule has 0 rings (SSSR count). The molecular weight excluding hydrogens is 175 g/mol. The fourth-order valence-electron chi connectivity index (χ4n) is 0.311. The summed E-state index contributed by atoms with van der Waals surface area (Å²) in [6.45, 7) is 1.64. The lowest BCUT2D eigenvalue weighted by atomic mass is 10.2. The molecule has 0 amide bonds. The number of ketones is 1. The van der Waals surface area contributed by atoms with E-state index in [0.717, 1.165) is 0 Å². The lowest BCUT2D eigenvalue weighted by molar-refractivity contribution is -0.121. The fourth-order valence-corrected chi connectivity index (χ4v) is 0.663. The van der Waals surface area contributed by atoms with Crippen LogP contribution < -0.4 is 0 Å². The van der Waals surface area contributed by atoms with Crippen LogP contribution in [0, 0.1) is 0 Å². The van der Waals surface area contributed by atoms with Gasteiger partial charge in [0.2, 0.25) is 0 Å². The largest absolute Gasteiger partial charge is 0.295 e. The Kier molecular flexibility index (Phi) is 4.05. The first-order chi connectivity index (χ1) is 3.72. The van der Waals surface area contributed by atoms with Crippen molar-refractivity contribution in [2.24, 2.45) is 0 Å². The Balaban J connectivity index is 3.46. The van der Waals surface area contributed by atoms with Crippen molar-refractivity contribution in [2.45, 2.75) is 19.5 Å². The molecule has 1 unspecified atom stereocenters. The van der Waals surface area contributed by atoms with Gasteiger partial charge in [0.05, 0.1) is 5.33 Å². The second-order valence-corrected chi connectivity index (χ2v) is 2.04. The predicted octanol–water partition coefficient (Wildman–Crippen LogP) is 1.70. The Labute approximate surface area is 56.4 Å². The van der Waals surface area contributed by atoms with Crippen LogP contribution in [0.25, 0.3) is 0 Å². The summed E-state index contributed by atoms with van der Waals surface area (Å²) >= 11 is 2.87. The first-order valence-corrected chi connectivity index (χ1v) is 3.57. The maximum atomic E-state index is 12.1. The third-order valence-electron chi connectivity index (χ3n) is 0.839. The molecule has 0 heterocycles. The summed E-state index contributed by atoms with van der Waals surface area (Å²) in [6.07, 6.45) is -0.987. The molecule has 0 saturated carbocycles. The minimum Gasteiger partial charge on any atom is -0.295 e. The molecule has 0 bridgehead atoms. The Morgan fingerprint density at radius 3 is 2.50 bits per heavy atom. The lowest BCUT2D eigenvalue weighted by Gasteiger charge is -1.97. The summed E-state index contributed by atoms with van der Waals surface area (Å²) in [5, 5.41) is 0.127. The van der Waals surface area contributed by atoms with Crippen molar-refractivity contribution >= 4 is 21.7 Å². The van der Waals surface area contributed by atoms with E-state index in [1.165, 1.54) is 0 Å². The zero-order chi connectivity index (χ0) is 6.57. The van der Waals surface area contributed by atoms with Gasteiger partial charge in [-0.2, -0.15) is 0 Å². The molecule has 8 heavy (non-hydrogen) atoms. The average molecular weight is 183 g/mol. The number of hydrogen-bond acceptors (Lipinski definition) is 1. The van der Waals surface area contributed by atoms with E-state index in [0.29, 0.717) is 0 Å². The zero-order valence-corrected chi connectivity index (χ0v) is 6.24. The number of rotatable bonds is 3. The van der Waals surface area contributed by atoms with Crippen molar-refractivity contribution in [2.75, 3.05) is 5.33 Å². The fraction of sp³-hybridized carbons (Fsp3) is 0.800. The van der Waals surface area contributed by atoms with Crippen LogP contribution in [-0.4, -0.2) is 17.3 Å². The van der Waals surface area contributed by atoms with Crippen LogP contribution >= 0.6 is 15.9 Å². The molecule has 0 aliphatic heterocycles. The molecule has 3 heteroatoms. The molecule has 0 spiro atoms. The monoisotopic (exact) mass is 182 g/mol. The molecule has 0 saturated heterocycles. The lowest BCUT2D eigenvalue weighted by Crippen LogP contribution is -2.14. The molecule has 0 fully saturated rings. The van der Waals surface area contributed by atoms with Crippen LogP contribution in [0.1, 0.15) is 13.3 Å². The number of carbonyl (C=O) groups excluding carboxylic acids is 1. The number of carbonyl (C=O) groups is 1. The molecule has 48 valence electrons. The van der Waals surface area contributed by atoms with E-state index in [1.807, 2.05) is 0 Å². The summed E-state index contributed by atoms with van der Waals surface area (Å²) in [5.41, 5.74) is 0. The molecule has 0 N–H and O–H groups in total.